The van der Waals surface area contributed by atoms with E-state index in [-0.39, 0.29) is 11.8 Å². The highest BCUT2D eigenvalue weighted by Gasteiger charge is 2.67. The van der Waals surface area contributed by atoms with E-state index in [1.54, 1.807) is 0 Å². The van der Waals surface area contributed by atoms with E-state index in [1.165, 1.54) is 0 Å². The van der Waals surface area contributed by atoms with Gasteiger partial charge in [-0.05, 0) is 48.3 Å². The van der Waals surface area contributed by atoms with E-state index in [0.717, 1.165) is 12.8 Å². The Morgan fingerprint density at radius 3 is 1.67 bits per heavy atom. The van der Waals surface area contributed by atoms with Gasteiger partial charge in [-0.3, -0.25) is 9.59 Å². The molecule has 0 heterocycles. The highest BCUT2D eigenvalue weighted by Crippen LogP contribution is 2.68. The third-order valence-electron chi connectivity index (χ3n) is 6.00. The van der Waals surface area contributed by atoms with Crippen LogP contribution in [0, 0.1) is 47.3 Å². The molecule has 0 saturated heterocycles. The summed E-state index contributed by atoms with van der Waals surface area (Å²) in [6.45, 7) is 0. The van der Waals surface area contributed by atoms with E-state index < -0.39 is 23.8 Å². The van der Waals surface area contributed by atoms with Crippen LogP contribution in [-0.2, 0) is 9.59 Å². The van der Waals surface area contributed by atoms with Gasteiger partial charge >= 0.3 is 11.9 Å². The SMILES string of the molecule is O=C(O)C1C2CC(C1C(=O)O)C1C3C=CC(C3)C21. The third-order valence-corrected chi connectivity index (χ3v) is 6.00. The number of rotatable bonds is 2. The van der Waals surface area contributed by atoms with Crippen molar-refractivity contribution >= 4 is 11.9 Å². The van der Waals surface area contributed by atoms with Crippen molar-refractivity contribution in [1.29, 1.82) is 0 Å². The van der Waals surface area contributed by atoms with Crippen LogP contribution in [0.4, 0.5) is 0 Å². The Balaban J connectivity index is 1.76. The van der Waals surface area contributed by atoms with Crippen LogP contribution in [0.15, 0.2) is 12.2 Å². The predicted molar refractivity (Wildman–Crippen MR) is 61.6 cm³/mol. The lowest BCUT2D eigenvalue weighted by Crippen LogP contribution is -2.43. The van der Waals surface area contributed by atoms with Crippen molar-refractivity contribution < 1.29 is 19.8 Å². The summed E-state index contributed by atoms with van der Waals surface area (Å²) in [5.74, 6) is -0.984. The number of carboxylic acids is 2. The second-order valence-electron chi connectivity index (χ2n) is 6.39. The molecule has 4 bridgehead atoms. The Bertz CT molecular complexity index is 428. The summed E-state index contributed by atoms with van der Waals surface area (Å²) in [6.07, 6.45) is 6.42. The van der Waals surface area contributed by atoms with Gasteiger partial charge in [-0.25, -0.2) is 0 Å². The van der Waals surface area contributed by atoms with Gasteiger partial charge in [0.1, 0.15) is 0 Å². The number of carbonyl (C=O) groups is 2. The first kappa shape index (κ1) is 10.6. The van der Waals surface area contributed by atoms with E-state index in [0.29, 0.717) is 23.7 Å². The van der Waals surface area contributed by atoms with Gasteiger partial charge in [0, 0.05) is 0 Å². The van der Waals surface area contributed by atoms with Crippen molar-refractivity contribution in [2.24, 2.45) is 47.3 Å². The molecular weight excluding hydrogens is 232 g/mol. The van der Waals surface area contributed by atoms with Gasteiger partial charge in [0.25, 0.3) is 0 Å². The maximum atomic E-state index is 11.4. The Kier molecular flexibility index (Phi) is 1.86. The smallest absolute Gasteiger partial charge is 0.307 e. The largest absolute Gasteiger partial charge is 0.481 e. The molecule has 0 aromatic rings. The fourth-order valence-electron chi connectivity index (χ4n) is 5.71. The molecule has 3 saturated carbocycles. The molecule has 8 atom stereocenters. The lowest BCUT2D eigenvalue weighted by atomic mass is 9.65. The molecule has 4 heteroatoms. The van der Waals surface area contributed by atoms with E-state index in [4.69, 9.17) is 0 Å². The molecule has 0 aromatic carbocycles. The highest BCUT2D eigenvalue weighted by atomic mass is 16.4. The average molecular weight is 248 g/mol. The van der Waals surface area contributed by atoms with E-state index in [1.807, 2.05) is 0 Å². The summed E-state index contributed by atoms with van der Waals surface area (Å²) >= 11 is 0. The Morgan fingerprint density at radius 2 is 1.28 bits per heavy atom. The molecule has 3 fully saturated rings. The maximum absolute atomic E-state index is 11.4. The Morgan fingerprint density at radius 1 is 0.833 bits per heavy atom. The zero-order valence-corrected chi connectivity index (χ0v) is 9.90. The molecule has 8 unspecified atom stereocenters. The molecule has 0 radical (unpaired) electrons. The van der Waals surface area contributed by atoms with Crippen molar-refractivity contribution in [3.8, 4) is 0 Å². The lowest BCUT2D eigenvalue weighted by Gasteiger charge is -2.38. The van der Waals surface area contributed by atoms with Crippen LogP contribution < -0.4 is 0 Å². The zero-order valence-electron chi connectivity index (χ0n) is 9.90. The molecule has 4 rings (SSSR count). The van der Waals surface area contributed by atoms with Crippen molar-refractivity contribution in [3.63, 3.8) is 0 Å². The quantitative estimate of drug-likeness (QED) is 0.573. The molecule has 0 spiro atoms. The molecule has 0 amide bonds. The van der Waals surface area contributed by atoms with Gasteiger partial charge in [0.2, 0.25) is 0 Å². The molecular formula is C14H16O4. The fourth-order valence-corrected chi connectivity index (χ4v) is 5.71. The summed E-state index contributed by atoms with van der Waals surface area (Å²) in [4.78, 5) is 22.8. The second-order valence-corrected chi connectivity index (χ2v) is 6.39. The number of aliphatic carboxylic acids is 2. The van der Waals surface area contributed by atoms with Crippen molar-refractivity contribution in [2.75, 3.05) is 0 Å². The molecule has 0 aromatic heterocycles. The van der Waals surface area contributed by atoms with E-state index in [2.05, 4.69) is 12.2 Å². The lowest BCUT2D eigenvalue weighted by molar-refractivity contribution is -0.159. The molecule has 4 nitrogen and oxygen atoms in total. The van der Waals surface area contributed by atoms with Crippen molar-refractivity contribution in [3.05, 3.63) is 12.2 Å². The van der Waals surface area contributed by atoms with Gasteiger partial charge in [0.15, 0.2) is 0 Å². The molecule has 0 aliphatic heterocycles. The zero-order chi connectivity index (χ0) is 12.6. The summed E-state index contributed by atoms with van der Waals surface area (Å²) in [6, 6.07) is 0. The van der Waals surface area contributed by atoms with Crippen LogP contribution in [-0.4, -0.2) is 22.2 Å². The normalized spacial score (nSPS) is 54.9. The molecule has 18 heavy (non-hydrogen) atoms. The maximum Gasteiger partial charge on any atom is 0.307 e. The number of allylic oxidation sites excluding steroid dienone is 2. The first-order valence-corrected chi connectivity index (χ1v) is 6.73. The summed E-state index contributed by atoms with van der Waals surface area (Å²) in [5, 5.41) is 18.7. The second kappa shape index (κ2) is 3.16. The summed E-state index contributed by atoms with van der Waals surface area (Å²) in [7, 11) is 0. The van der Waals surface area contributed by atoms with E-state index >= 15 is 0 Å². The first-order chi connectivity index (χ1) is 8.59. The minimum absolute atomic E-state index is 0.0959. The average Bonchev–Trinajstić information content (AvgIpc) is 3.04. The molecule has 4 aliphatic rings. The molecule has 4 aliphatic carbocycles. The van der Waals surface area contributed by atoms with Crippen LogP contribution in [0.5, 0.6) is 0 Å². The monoisotopic (exact) mass is 248 g/mol. The van der Waals surface area contributed by atoms with Gasteiger partial charge in [-0.15, -0.1) is 0 Å². The van der Waals surface area contributed by atoms with Crippen LogP contribution in [0.25, 0.3) is 0 Å². The fraction of sp³-hybridized carbons (Fsp3) is 0.714. The molecule has 96 valence electrons. The standard InChI is InChI=1S/C14H16O4/c15-13(16)11-7-4-8(12(11)14(17)18)10-6-2-1-5(3-6)9(7)10/h1-2,5-12H,3-4H2,(H,15,16)(H,17,18). The van der Waals surface area contributed by atoms with Crippen LogP contribution in [0.3, 0.4) is 0 Å². The first-order valence-electron chi connectivity index (χ1n) is 6.73. The van der Waals surface area contributed by atoms with Crippen molar-refractivity contribution in [2.45, 2.75) is 12.8 Å². The minimum Gasteiger partial charge on any atom is -0.481 e. The van der Waals surface area contributed by atoms with Gasteiger partial charge in [0.05, 0.1) is 11.8 Å². The highest BCUT2D eigenvalue weighted by molar-refractivity contribution is 5.82. The Labute approximate surface area is 105 Å². The summed E-state index contributed by atoms with van der Waals surface area (Å²) < 4.78 is 0. The third kappa shape index (κ3) is 1.03. The van der Waals surface area contributed by atoms with Crippen molar-refractivity contribution in [1.82, 2.24) is 0 Å². The van der Waals surface area contributed by atoms with E-state index in [9.17, 15) is 19.8 Å². The topological polar surface area (TPSA) is 74.6 Å². The van der Waals surface area contributed by atoms with Gasteiger partial charge in [-0.1, -0.05) is 12.2 Å². The van der Waals surface area contributed by atoms with Gasteiger partial charge < -0.3 is 10.2 Å². The Hall–Kier alpha value is -1.32. The van der Waals surface area contributed by atoms with Gasteiger partial charge in [-0.2, -0.15) is 0 Å². The number of fused-ring (bicyclic) bond motifs is 9. The number of hydrogen-bond donors (Lipinski definition) is 2. The van der Waals surface area contributed by atoms with Crippen LogP contribution in [0.2, 0.25) is 0 Å². The number of carboxylic acid groups (broad SMARTS) is 2. The van der Waals surface area contributed by atoms with Crippen LogP contribution in [0.1, 0.15) is 12.8 Å². The predicted octanol–water partition coefficient (Wildman–Crippen LogP) is 1.48. The summed E-state index contributed by atoms with van der Waals surface area (Å²) in [5.41, 5.74) is 0. The minimum atomic E-state index is -0.903. The molecule has 2 N–H and O–H groups in total. The number of hydrogen-bond acceptors (Lipinski definition) is 2. The van der Waals surface area contributed by atoms with Crippen LogP contribution >= 0.6 is 0 Å².